The minimum atomic E-state index is -3.11. The second kappa shape index (κ2) is 7.08. The lowest BCUT2D eigenvalue weighted by atomic mass is 10.2. The van der Waals surface area contributed by atoms with E-state index in [-0.39, 0.29) is 17.2 Å². The van der Waals surface area contributed by atoms with Crippen LogP contribution < -0.4 is 5.32 Å². The molecule has 1 fully saturated rings. The third-order valence-corrected chi connectivity index (χ3v) is 5.52. The van der Waals surface area contributed by atoms with Crippen LogP contribution in [0.25, 0.3) is 0 Å². The van der Waals surface area contributed by atoms with Gasteiger partial charge in [-0.05, 0) is 25.5 Å². The van der Waals surface area contributed by atoms with Gasteiger partial charge in [-0.2, -0.15) is 0 Å². The lowest BCUT2D eigenvalue weighted by Gasteiger charge is -2.26. The van der Waals surface area contributed by atoms with Gasteiger partial charge in [0.2, 0.25) is 11.8 Å². The van der Waals surface area contributed by atoms with Crippen LogP contribution in [-0.2, 0) is 19.4 Å². The highest BCUT2D eigenvalue weighted by molar-refractivity contribution is 7.91. The minimum absolute atomic E-state index is 0.0109. The van der Waals surface area contributed by atoms with Crippen molar-refractivity contribution >= 4 is 27.3 Å². The maximum atomic E-state index is 13.5. The zero-order valence-electron chi connectivity index (χ0n) is 12.8. The van der Waals surface area contributed by atoms with E-state index >= 15 is 0 Å². The Morgan fingerprint density at radius 3 is 2.61 bits per heavy atom. The lowest BCUT2D eigenvalue weighted by Crippen LogP contribution is -2.42. The number of carbonyl (C=O) groups excluding carboxylic acids is 2. The molecule has 1 unspecified atom stereocenters. The van der Waals surface area contributed by atoms with Gasteiger partial charge in [0.1, 0.15) is 12.2 Å². The van der Waals surface area contributed by atoms with Crippen molar-refractivity contribution in [3.05, 3.63) is 30.1 Å². The molecule has 0 spiro atoms. The number of para-hydroxylation sites is 1. The van der Waals surface area contributed by atoms with Crippen molar-refractivity contribution in [2.24, 2.45) is 0 Å². The van der Waals surface area contributed by atoms with Gasteiger partial charge in [0, 0.05) is 12.6 Å². The number of nitrogens with zero attached hydrogens (tertiary/aromatic N) is 1. The molecule has 1 saturated heterocycles. The van der Waals surface area contributed by atoms with Crippen LogP contribution in [0.2, 0.25) is 0 Å². The standard InChI is InChI=1S/C15H19FN2O4S/c1-2-18(11-7-8-23(21,22)10-11)15(20)9-14(19)17-13-6-4-3-5-12(13)16/h3-6,11H,2,7-10H2,1H3,(H,17,19). The van der Waals surface area contributed by atoms with Crippen molar-refractivity contribution in [3.8, 4) is 0 Å². The molecule has 1 aliphatic heterocycles. The van der Waals surface area contributed by atoms with Gasteiger partial charge in [-0.25, -0.2) is 12.8 Å². The molecule has 6 nitrogen and oxygen atoms in total. The van der Waals surface area contributed by atoms with Gasteiger partial charge in [0.05, 0.1) is 17.2 Å². The number of hydrogen-bond donors (Lipinski definition) is 1. The summed E-state index contributed by atoms with van der Waals surface area (Å²) < 4.78 is 36.5. The average Bonchev–Trinajstić information content (AvgIpc) is 2.82. The predicted molar refractivity (Wildman–Crippen MR) is 84.1 cm³/mol. The quantitative estimate of drug-likeness (QED) is 0.815. The van der Waals surface area contributed by atoms with E-state index in [2.05, 4.69) is 5.32 Å². The Hall–Kier alpha value is -1.96. The molecule has 1 N–H and O–H groups in total. The highest BCUT2D eigenvalue weighted by Crippen LogP contribution is 2.19. The molecule has 1 aromatic carbocycles. The Kier molecular flexibility index (Phi) is 5.35. The fourth-order valence-electron chi connectivity index (χ4n) is 2.66. The number of benzene rings is 1. The molecule has 8 heteroatoms. The van der Waals surface area contributed by atoms with E-state index in [0.29, 0.717) is 13.0 Å². The van der Waals surface area contributed by atoms with E-state index < -0.39 is 39.9 Å². The summed E-state index contributed by atoms with van der Waals surface area (Å²) >= 11 is 0. The van der Waals surface area contributed by atoms with Crippen LogP contribution in [0.3, 0.4) is 0 Å². The van der Waals surface area contributed by atoms with Crippen LogP contribution in [0.5, 0.6) is 0 Å². The highest BCUT2D eigenvalue weighted by atomic mass is 32.2. The number of hydrogen-bond acceptors (Lipinski definition) is 4. The summed E-state index contributed by atoms with van der Waals surface area (Å²) in [4.78, 5) is 25.5. The second-order valence-corrected chi connectivity index (χ2v) is 7.67. The van der Waals surface area contributed by atoms with Gasteiger partial charge in [0.25, 0.3) is 0 Å². The molecule has 1 aromatic rings. The number of nitrogens with one attached hydrogen (secondary N) is 1. The smallest absolute Gasteiger partial charge is 0.233 e. The summed E-state index contributed by atoms with van der Waals surface area (Å²) in [6, 6.07) is 5.29. The molecule has 0 radical (unpaired) electrons. The first kappa shape index (κ1) is 17.4. The molecule has 0 aliphatic carbocycles. The van der Waals surface area contributed by atoms with Crippen LogP contribution >= 0.6 is 0 Å². The highest BCUT2D eigenvalue weighted by Gasteiger charge is 2.34. The van der Waals surface area contributed by atoms with Crippen molar-refractivity contribution in [2.45, 2.75) is 25.8 Å². The Morgan fingerprint density at radius 2 is 2.04 bits per heavy atom. The molecule has 2 amide bonds. The van der Waals surface area contributed by atoms with Crippen molar-refractivity contribution < 1.29 is 22.4 Å². The molecule has 0 bridgehead atoms. The molecular formula is C15H19FN2O4S. The Labute approximate surface area is 134 Å². The van der Waals surface area contributed by atoms with Gasteiger partial charge in [-0.1, -0.05) is 12.1 Å². The van der Waals surface area contributed by atoms with Crippen molar-refractivity contribution in [2.75, 3.05) is 23.4 Å². The number of sulfone groups is 1. The van der Waals surface area contributed by atoms with Gasteiger partial charge in [0.15, 0.2) is 9.84 Å². The minimum Gasteiger partial charge on any atom is -0.338 e. The second-order valence-electron chi connectivity index (χ2n) is 5.44. The fourth-order valence-corrected chi connectivity index (χ4v) is 4.39. The molecule has 23 heavy (non-hydrogen) atoms. The predicted octanol–water partition coefficient (Wildman–Crippen LogP) is 1.19. The molecule has 1 heterocycles. The topological polar surface area (TPSA) is 83.6 Å². The molecule has 2 rings (SSSR count). The zero-order valence-corrected chi connectivity index (χ0v) is 13.6. The number of halogens is 1. The monoisotopic (exact) mass is 342 g/mol. The van der Waals surface area contributed by atoms with Crippen molar-refractivity contribution in [1.82, 2.24) is 4.90 Å². The number of rotatable bonds is 5. The maximum Gasteiger partial charge on any atom is 0.233 e. The normalized spacial score (nSPS) is 19.3. The summed E-state index contributed by atoms with van der Waals surface area (Å²) in [5.41, 5.74) is 0.0109. The van der Waals surface area contributed by atoms with Crippen LogP contribution in [0.1, 0.15) is 19.8 Å². The first-order chi connectivity index (χ1) is 10.8. The maximum absolute atomic E-state index is 13.5. The van der Waals surface area contributed by atoms with E-state index in [1.165, 1.54) is 23.1 Å². The number of carbonyl (C=O) groups is 2. The molecule has 0 saturated carbocycles. The SMILES string of the molecule is CCN(C(=O)CC(=O)Nc1ccccc1F)C1CCS(=O)(=O)C1. The third-order valence-electron chi connectivity index (χ3n) is 3.77. The van der Waals surface area contributed by atoms with Crippen LogP contribution in [-0.4, -0.2) is 49.2 Å². The number of amides is 2. The molecule has 1 atom stereocenters. The molecule has 0 aromatic heterocycles. The first-order valence-corrected chi connectivity index (χ1v) is 9.19. The molecule has 1 aliphatic rings. The van der Waals surface area contributed by atoms with Gasteiger partial charge < -0.3 is 10.2 Å². The Bertz CT molecular complexity index is 705. The Morgan fingerprint density at radius 1 is 1.35 bits per heavy atom. The lowest BCUT2D eigenvalue weighted by molar-refractivity contribution is -0.135. The summed E-state index contributed by atoms with van der Waals surface area (Å²) in [5, 5.41) is 2.35. The fraction of sp³-hybridized carbons (Fsp3) is 0.467. The first-order valence-electron chi connectivity index (χ1n) is 7.36. The summed E-state index contributed by atoms with van der Waals surface area (Å²) in [7, 11) is -3.11. The van der Waals surface area contributed by atoms with Gasteiger partial charge in [-0.15, -0.1) is 0 Å². The van der Waals surface area contributed by atoms with E-state index in [1.54, 1.807) is 13.0 Å². The summed E-state index contributed by atoms with van der Waals surface area (Å²) in [5.74, 6) is -1.67. The van der Waals surface area contributed by atoms with Gasteiger partial charge >= 0.3 is 0 Å². The Balaban J connectivity index is 1.97. The summed E-state index contributed by atoms with van der Waals surface area (Å²) in [6.45, 7) is 2.06. The van der Waals surface area contributed by atoms with Crippen molar-refractivity contribution in [1.29, 1.82) is 0 Å². The van der Waals surface area contributed by atoms with Crippen LogP contribution in [0.15, 0.2) is 24.3 Å². The van der Waals surface area contributed by atoms with E-state index in [1.807, 2.05) is 0 Å². The average molecular weight is 342 g/mol. The van der Waals surface area contributed by atoms with E-state index in [9.17, 15) is 22.4 Å². The zero-order chi connectivity index (χ0) is 17.0. The molecule has 126 valence electrons. The van der Waals surface area contributed by atoms with Crippen LogP contribution in [0, 0.1) is 5.82 Å². The van der Waals surface area contributed by atoms with Crippen LogP contribution in [0.4, 0.5) is 10.1 Å². The molecular weight excluding hydrogens is 323 g/mol. The van der Waals surface area contributed by atoms with Gasteiger partial charge in [-0.3, -0.25) is 9.59 Å². The van der Waals surface area contributed by atoms with E-state index in [0.717, 1.165) is 0 Å². The van der Waals surface area contributed by atoms with Crippen molar-refractivity contribution in [3.63, 3.8) is 0 Å². The third kappa shape index (κ3) is 4.51. The van der Waals surface area contributed by atoms with E-state index in [4.69, 9.17) is 0 Å². The largest absolute Gasteiger partial charge is 0.338 e. The number of anilines is 1. The summed E-state index contributed by atoms with van der Waals surface area (Å²) in [6.07, 6.45) is -0.0600.